The largest absolute Gasteiger partial charge is 0.303 e. The van der Waals surface area contributed by atoms with Gasteiger partial charge in [0.05, 0.1) is 0 Å². The quantitative estimate of drug-likeness (QED) is 0.800. The Balaban J connectivity index is 1.78. The molecule has 1 nitrogen and oxygen atoms in total. The number of nitrogens with zero attached hydrogens (tertiary/aromatic N) is 1. The molecule has 0 amide bonds. The molecule has 1 unspecified atom stereocenters. The first-order valence-electron chi connectivity index (χ1n) is 6.34. The highest BCUT2D eigenvalue weighted by Crippen LogP contribution is 2.37. The van der Waals surface area contributed by atoms with E-state index in [1.165, 1.54) is 49.8 Å². The van der Waals surface area contributed by atoms with Crippen LogP contribution in [0.2, 0.25) is 0 Å². The Kier molecular flexibility index (Phi) is 3.03. The van der Waals surface area contributed by atoms with Gasteiger partial charge >= 0.3 is 0 Å². The average Bonchev–Trinajstić information content (AvgIpc) is 2.90. The Hall–Kier alpha value is -0.340. The molecule has 1 aliphatic carbocycles. The number of rotatable bonds is 2. The van der Waals surface area contributed by atoms with Crippen molar-refractivity contribution in [2.75, 3.05) is 19.6 Å². The molecule has 0 spiro atoms. The number of likely N-dealkylation sites (tertiary alicyclic amines) is 1. The standard InChI is InChI=1S/C14H18BrN/c15-14-5-3-4-12-11(6-7-13(12)14)10-16-8-1-2-9-16/h3-5,11H,1-2,6-10H2. The maximum absolute atomic E-state index is 3.67. The van der Waals surface area contributed by atoms with Crippen LogP contribution in [0.25, 0.3) is 0 Å². The normalized spacial score (nSPS) is 24.9. The second kappa shape index (κ2) is 4.50. The van der Waals surface area contributed by atoms with E-state index in [1.807, 2.05) is 0 Å². The fourth-order valence-electron chi connectivity index (χ4n) is 3.16. The van der Waals surface area contributed by atoms with Gasteiger partial charge in [-0.2, -0.15) is 0 Å². The molecule has 0 saturated carbocycles. The van der Waals surface area contributed by atoms with Gasteiger partial charge in [-0.3, -0.25) is 0 Å². The van der Waals surface area contributed by atoms with Gasteiger partial charge in [0.1, 0.15) is 0 Å². The number of hydrogen-bond acceptors (Lipinski definition) is 1. The second-order valence-corrected chi connectivity index (χ2v) is 5.91. The van der Waals surface area contributed by atoms with E-state index in [0.29, 0.717) is 0 Å². The van der Waals surface area contributed by atoms with Crippen molar-refractivity contribution in [2.45, 2.75) is 31.6 Å². The smallest absolute Gasteiger partial charge is 0.0210 e. The summed E-state index contributed by atoms with van der Waals surface area (Å²) in [5.74, 6) is 0.783. The lowest BCUT2D eigenvalue weighted by Gasteiger charge is -2.20. The van der Waals surface area contributed by atoms with E-state index in [1.54, 1.807) is 11.1 Å². The predicted molar refractivity (Wildman–Crippen MR) is 70.9 cm³/mol. The van der Waals surface area contributed by atoms with Crippen LogP contribution in [0, 0.1) is 0 Å². The summed E-state index contributed by atoms with van der Waals surface area (Å²) in [5, 5.41) is 0. The maximum atomic E-state index is 3.67. The van der Waals surface area contributed by atoms with Crippen molar-refractivity contribution in [3.05, 3.63) is 33.8 Å². The van der Waals surface area contributed by atoms with Crippen molar-refractivity contribution >= 4 is 15.9 Å². The zero-order chi connectivity index (χ0) is 11.0. The molecule has 1 aromatic carbocycles. The molecule has 1 atom stereocenters. The Labute approximate surface area is 106 Å². The van der Waals surface area contributed by atoms with Crippen LogP contribution in [-0.4, -0.2) is 24.5 Å². The minimum atomic E-state index is 0.783. The van der Waals surface area contributed by atoms with E-state index in [4.69, 9.17) is 0 Å². The van der Waals surface area contributed by atoms with Gasteiger partial charge in [-0.05, 0) is 61.9 Å². The van der Waals surface area contributed by atoms with Crippen molar-refractivity contribution < 1.29 is 0 Å². The Bertz CT molecular complexity index is 382. The topological polar surface area (TPSA) is 3.24 Å². The summed E-state index contributed by atoms with van der Waals surface area (Å²) in [7, 11) is 0. The fourth-order valence-corrected chi connectivity index (χ4v) is 3.74. The first kappa shape index (κ1) is 10.8. The molecule has 1 fully saturated rings. The maximum Gasteiger partial charge on any atom is 0.0210 e. The van der Waals surface area contributed by atoms with Crippen molar-refractivity contribution in [3.8, 4) is 0 Å². The molecule has 1 saturated heterocycles. The summed E-state index contributed by atoms with van der Waals surface area (Å²) in [4.78, 5) is 2.64. The molecule has 1 aliphatic heterocycles. The van der Waals surface area contributed by atoms with Crippen LogP contribution in [0.4, 0.5) is 0 Å². The molecule has 86 valence electrons. The molecular weight excluding hydrogens is 262 g/mol. The van der Waals surface area contributed by atoms with E-state index in [0.717, 1.165) is 5.92 Å². The molecule has 2 heteroatoms. The lowest BCUT2D eigenvalue weighted by atomic mass is 10.0. The third-order valence-electron chi connectivity index (χ3n) is 4.01. The van der Waals surface area contributed by atoms with Crippen molar-refractivity contribution in [3.63, 3.8) is 0 Å². The third kappa shape index (κ3) is 1.93. The molecule has 3 rings (SSSR count). The van der Waals surface area contributed by atoms with Gasteiger partial charge in [-0.15, -0.1) is 0 Å². The monoisotopic (exact) mass is 279 g/mol. The van der Waals surface area contributed by atoms with Crippen molar-refractivity contribution in [1.82, 2.24) is 4.90 Å². The highest BCUT2D eigenvalue weighted by molar-refractivity contribution is 9.10. The Morgan fingerprint density at radius 2 is 2.06 bits per heavy atom. The fraction of sp³-hybridized carbons (Fsp3) is 0.571. The lowest BCUT2D eigenvalue weighted by Crippen LogP contribution is -2.24. The van der Waals surface area contributed by atoms with Crippen LogP contribution >= 0.6 is 15.9 Å². The summed E-state index contributed by atoms with van der Waals surface area (Å²) < 4.78 is 1.31. The molecule has 2 aliphatic rings. The van der Waals surface area contributed by atoms with Crippen LogP contribution < -0.4 is 0 Å². The number of fused-ring (bicyclic) bond motifs is 1. The van der Waals surface area contributed by atoms with Gasteiger partial charge in [0.2, 0.25) is 0 Å². The molecule has 1 aromatic rings. The highest BCUT2D eigenvalue weighted by atomic mass is 79.9. The SMILES string of the molecule is Brc1cccc2c1CCC2CN1CCCC1. The van der Waals surface area contributed by atoms with Gasteiger partial charge in [0.25, 0.3) is 0 Å². The average molecular weight is 280 g/mol. The molecule has 0 N–H and O–H groups in total. The minimum Gasteiger partial charge on any atom is -0.303 e. The van der Waals surface area contributed by atoms with Crippen molar-refractivity contribution in [2.24, 2.45) is 0 Å². The number of halogens is 1. The van der Waals surface area contributed by atoms with Crippen LogP contribution in [0.3, 0.4) is 0 Å². The van der Waals surface area contributed by atoms with E-state index in [-0.39, 0.29) is 0 Å². The third-order valence-corrected chi connectivity index (χ3v) is 4.76. The molecule has 1 heterocycles. The Morgan fingerprint density at radius 3 is 2.88 bits per heavy atom. The second-order valence-electron chi connectivity index (χ2n) is 5.05. The van der Waals surface area contributed by atoms with Crippen molar-refractivity contribution in [1.29, 1.82) is 0 Å². The predicted octanol–water partition coefficient (Wildman–Crippen LogP) is 3.57. The van der Waals surface area contributed by atoms with Gasteiger partial charge < -0.3 is 4.90 Å². The summed E-state index contributed by atoms with van der Waals surface area (Å²) in [5.41, 5.74) is 3.16. The van der Waals surface area contributed by atoms with Gasteiger partial charge in [0.15, 0.2) is 0 Å². The summed E-state index contributed by atoms with van der Waals surface area (Å²) >= 11 is 3.67. The van der Waals surface area contributed by atoms with Gasteiger partial charge in [-0.1, -0.05) is 28.1 Å². The zero-order valence-corrected chi connectivity index (χ0v) is 11.2. The first-order valence-corrected chi connectivity index (χ1v) is 7.13. The summed E-state index contributed by atoms with van der Waals surface area (Å²) in [6.07, 6.45) is 5.40. The van der Waals surface area contributed by atoms with Crippen LogP contribution in [0.1, 0.15) is 36.3 Å². The molecular formula is C14H18BrN. The van der Waals surface area contributed by atoms with Gasteiger partial charge in [-0.25, -0.2) is 0 Å². The van der Waals surface area contributed by atoms with Crippen LogP contribution in [0.5, 0.6) is 0 Å². The van der Waals surface area contributed by atoms with Crippen LogP contribution in [0.15, 0.2) is 22.7 Å². The molecule has 0 bridgehead atoms. The van der Waals surface area contributed by atoms with E-state index in [2.05, 4.69) is 39.0 Å². The molecule has 0 aromatic heterocycles. The first-order chi connectivity index (χ1) is 7.84. The van der Waals surface area contributed by atoms with E-state index in [9.17, 15) is 0 Å². The lowest BCUT2D eigenvalue weighted by molar-refractivity contribution is 0.313. The Morgan fingerprint density at radius 1 is 1.25 bits per heavy atom. The van der Waals surface area contributed by atoms with E-state index < -0.39 is 0 Å². The summed E-state index contributed by atoms with van der Waals surface area (Å²) in [6, 6.07) is 6.69. The minimum absolute atomic E-state index is 0.783. The van der Waals surface area contributed by atoms with Crippen LogP contribution in [-0.2, 0) is 6.42 Å². The zero-order valence-electron chi connectivity index (χ0n) is 9.58. The summed E-state index contributed by atoms with van der Waals surface area (Å²) in [6.45, 7) is 3.92. The van der Waals surface area contributed by atoms with E-state index >= 15 is 0 Å². The molecule has 0 radical (unpaired) electrons. The molecule has 16 heavy (non-hydrogen) atoms. The highest BCUT2D eigenvalue weighted by Gasteiger charge is 2.26. The number of benzene rings is 1. The number of hydrogen-bond donors (Lipinski definition) is 0. The van der Waals surface area contributed by atoms with Gasteiger partial charge in [0, 0.05) is 11.0 Å².